The predicted octanol–water partition coefficient (Wildman–Crippen LogP) is 3.47. The van der Waals surface area contributed by atoms with Crippen molar-refractivity contribution in [1.29, 1.82) is 0 Å². The highest BCUT2D eigenvalue weighted by atomic mass is 14.6. The molecule has 1 saturated carbocycles. The van der Waals surface area contributed by atoms with Crippen LogP contribution in [0.4, 0.5) is 0 Å². The highest BCUT2D eigenvalue weighted by molar-refractivity contribution is 5.01. The summed E-state index contributed by atoms with van der Waals surface area (Å²) in [6.07, 6.45) is 2.78. The van der Waals surface area contributed by atoms with Crippen LogP contribution in [0.1, 0.15) is 47.5 Å². The Morgan fingerprint density at radius 3 is 1.80 bits per heavy atom. The van der Waals surface area contributed by atoms with Gasteiger partial charge >= 0.3 is 0 Å². The van der Waals surface area contributed by atoms with E-state index in [9.17, 15) is 0 Å². The minimum absolute atomic E-state index is 0.585. The van der Waals surface area contributed by atoms with E-state index in [1.165, 1.54) is 12.8 Å². The lowest BCUT2D eigenvalue weighted by atomic mass is 9.46. The molecule has 10 heavy (non-hydrogen) atoms. The van der Waals surface area contributed by atoms with Gasteiger partial charge in [-0.3, -0.25) is 0 Å². The van der Waals surface area contributed by atoms with Crippen LogP contribution >= 0.6 is 0 Å². The second-order valence-corrected chi connectivity index (χ2v) is 4.91. The summed E-state index contributed by atoms with van der Waals surface area (Å²) < 4.78 is 0. The Morgan fingerprint density at radius 1 is 1.20 bits per heavy atom. The minimum Gasteiger partial charge on any atom is -0.0651 e. The van der Waals surface area contributed by atoms with Gasteiger partial charge in [0.1, 0.15) is 0 Å². The maximum absolute atomic E-state index is 2.41. The van der Waals surface area contributed by atoms with Gasteiger partial charge in [0.25, 0.3) is 0 Å². The van der Waals surface area contributed by atoms with Gasteiger partial charge in [-0.2, -0.15) is 0 Å². The van der Waals surface area contributed by atoms with E-state index in [0.717, 1.165) is 5.92 Å². The fourth-order valence-corrected chi connectivity index (χ4v) is 2.21. The van der Waals surface area contributed by atoms with Crippen molar-refractivity contribution in [2.75, 3.05) is 0 Å². The smallest absolute Gasteiger partial charge is 0.0274 e. The molecular formula is C10H20. The van der Waals surface area contributed by atoms with Crippen molar-refractivity contribution in [3.8, 4) is 0 Å². The van der Waals surface area contributed by atoms with Gasteiger partial charge in [0.2, 0.25) is 0 Å². The topological polar surface area (TPSA) is 0 Å². The molecule has 0 spiro atoms. The Morgan fingerprint density at radius 2 is 1.70 bits per heavy atom. The maximum atomic E-state index is 2.41. The summed E-state index contributed by atoms with van der Waals surface area (Å²) >= 11 is 0. The SMILES string of the molecule is CCC1CC(C)(C)C1(C)C. The van der Waals surface area contributed by atoms with Crippen LogP contribution in [-0.4, -0.2) is 0 Å². The summed E-state index contributed by atoms with van der Waals surface area (Å²) in [5.74, 6) is 0.975. The van der Waals surface area contributed by atoms with Gasteiger partial charge in [-0.15, -0.1) is 0 Å². The van der Waals surface area contributed by atoms with Crippen LogP contribution in [0.25, 0.3) is 0 Å². The van der Waals surface area contributed by atoms with E-state index < -0.39 is 0 Å². The van der Waals surface area contributed by atoms with E-state index in [1.54, 1.807) is 0 Å². The van der Waals surface area contributed by atoms with Crippen LogP contribution in [0.2, 0.25) is 0 Å². The summed E-state index contributed by atoms with van der Waals surface area (Å²) in [6, 6.07) is 0. The molecule has 0 aromatic heterocycles. The maximum Gasteiger partial charge on any atom is -0.0274 e. The standard InChI is InChI=1S/C10H20/c1-6-8-7-9(2,3)10(8,4)5/h8H,6-7H2,1-5H3. The molecule has 0 N–H and O–H groups in total. The molecule has 0 saturated heterocycles. The summed E-state index contributed by atoms with van der Waals surface area (Å²) in [7, 11) is 0. The van der Waals surface area contributed by atoms with Crippen molar-refractivity contribution in [2.45, 2.75) is 47.5 Å². The van der Waals surface area contributed by atoms with Gasteiger partial charge in [0, 0.05) is 0 Å². The first-order valence-electron chi connectivity index (χ1n) is 4.42. The Balaban J connectivity index is 2.65. The van der Waals surface area contributed by atoms with Crippen molar-refractivity contribution in [3.05, 3.63) is 0 Å². The molecule has 1 aliphatic carbocycles. The summed E-state index contributed by atoms with van der Waals surface area (Å²) in [4.78, 5) is 0. The summed E-state index contributed by atoms with van der Waals surface area (Å²) in [5, 5.41) is 0. The molecule has 0 heteroatoms. The largest absolute Gasteiger partial charge is 0.0651 e. The number of hydrogen-bond donors (Lipinski definition) is 0. The lowest BCUT2D eigenvalue weighted by Gasteiger charge is -2.59. The average molecular weight is 140 g/mol. The van der Waals surface area contributed by atoms with Gasteiger partial charge in [0.15, 0.2) is 0 Å². The highest BCUT2D eigenvalue weighted by Crippen LogP contribution is 2.60. The van der Waals surface area contributed by atoms with E-state index in [4.69, 9.17) is 0 Å². The molecule has 0 heterocycles. The molecule has 0 aromatic carbocycles. The third-order valence-corrected chi connectivity index (χ3v) is 4.01. The van der Waals surface area contributed by atoms with Gasteiger partial charge in [-0.25, -0.2) is 0 Å². The molecule has 0 aliphatic heterocycles. The van der Waals surface area contributed by atoms with Crippen LogP contribution in [-0.2, 0) is 0 Å². The molecule has 1 unspecified atom stereocenters. The van der Waals surface area contributed by atoms with Crippen LogP contribution in [0.15, 0.2) is 0 Å². The van der Waals surface area contributed by atoms with E-state index >= 15 is 0 Å². The molecule has 60 valence electrons. The summed E-state index contributed by atoms with van der Waals surface area (Å²) in [6.45, 7) is 11.9. The van der Waals surface area contributed by atoms with Gasteiger partial charge in [-0.1, -0.05) is 41.0 Å². The minimum atomic E-state index is 0.585. The van der Waals surface area contributed by atoms with E-state index in [2.05, 4.69) is 34.6 Å². The lowest BCUT2D eigenvalue weighted by molar-refractivity contribution is -0.0949. The molecule has 1 atom stereocenters. The van der Waals surface area contributed by atoms with Gasteiger partial charge in [-0.05, 0) is 23.2 Å². The Hall–Kier alpha value is 0. The third-order valence-electron chi connectivity index (χ3n) is 4.01. The van der Waals surface area contributed by atoms with E-state index in [0.29, 0.717) is 10.8 Å². The number of rotatable bonds is 1. The van der Waals surface area contributed by atoms with Crippen LogP contribution in [0, 0.1) is 16.7 Å². The highest BCUT2D eigenvalue weighted by Gasteiger charge is 2.52. The molecule has 1 fully saturated rings. The van der Waals surface area contributed by atoms with Crippen molar-refractivity contribution < 1.29 is 0 Å². The van der Waals surface area contributed by atoms with Gasteiger partial charge in [0.05, 0.1) is 0 Å². The first-order valence-corrected chi connectivity index (χ1v) is 4.42. The molecule has 0 aromatic rings. The van der Waals surface area contributed by atoms with Crippen LogP contribution < -0.4 is 0 Å². The van der Waals surface area contributed by atoms with Crippen LogP contribution in [0.3, 0.4) is 0 Å². The second kappa shape index (κ2) is 1.99. The van der Waals surface area contributed by atoms with Crippen molar-refractivity contribution >= 4 is 0 Å². The first-order chi connectivity index (χ1) is 4.42. The molecular weight excluding hydrogens is 120 g/mol. The normalized spacial score (nSPS) is 35.1. The zero-order valence-electron chi connectivity index (χ0n) is 7.99. The molecule has 0 radical (unpaired) electrons. The third kappa shape index (κ3) is 0.810. The molecule has 1 rings (SSSR count). The van der Waals surface area contributed by atoms with Gasteiger partial charge < -0.3 is 0 Å². The molecule has 0 amide bonds. The number of hydrogen-bond acceptors (Lipinski definition) is 0. The van der Waals surface area contributed by atoms with E-state index in [1.807, 2.05) is 0 Å². The fraction of sp³-hybridized carbons (Fsp3) is 1.00. The Kier molecular flexibility index (Phi) is 1.61. The molecule has 0 nitrogen and oxygen atoms in total. The summed E-state index contributed by atoms with van der Waals surface area (Å²) in [5.41, 5.74) is 1.18. The van der Waals surface area contributed by atoms with Crippen molar-refractivity contribution in [2.24, 2.45) is 16.7 Å². The zero-order chi connectivity index (χ0) is 7.99. The second-order valence-electron chi connectivity index (χ2n) is 4.91. The molecule has 0 bridgehead atoms. The Bertz CT molecular complexity index is 131. The predicted molar refractivity (Wildman–Crippen MR) is 46.0 cm³/mol. The monoisotopic (exact) mass is 140 g/mol. The zero-order valence-corrected chi connectivity index (χ0v) is 7.99. The van der Waals surface area contributed by atoms with Crippen molar-refractivity contribution in [3.63, 3.8) is 0 Å². The van der Waals surface area contributed by atoms with Crippen molar-refractivity contribution in [1.82, 2.24) is 0 Å². The average Bonchev–Trinajstić information content (AvgIpc) is 1.83. The quantitative estimate of drug-likeness (QED) is 0.523. The molecule has 1 aliphatic rings. The van der Waals surface area contributed by atoms with E-state index in [-0.39, 0.29) is 0 Å². The fourth-order valence-electron chi connectivity index (χ4n) is 2.21. The van der Waals surface area contributed by atoms with Crippen LogP contribution in [0.5, 0.6) is 0 Å². The first kappa shape index (κ1) is 8.10. The lowest BCUT2D eigenvalue weighted by Crippen LogP contribution is -2.50. The Labute approximate surface area is 65.0 Å².